The molecule has 0 aliphatic heterocycles. The molecule has 0 atom stereocenters. The lowest BCUT2D eigenvalue weighted by molar-refractivity contribution is -0.117. The minimum atomic E-state index is -0.450. The zero-order chi connectivity index (χ0) is 12.3. The van der Waals surface area contributed by atoms with E-state index in [2.05, 4.69) is 5.32 Å². The van der Waals surface area contributed by atoms with E-state index in [1.807, 2.05) is 17.5 Å². The lowest BCUT2D eigenvalue weighted by Gasteiger charge is -2.21. The van der Waals surface area contributed by atoms with Gasteiger partial charge in [0.25, 0.3) is 0 Å². The summed E-state index contributed by atoms with van der Waals surface area (Å²) in [5.74, 6) is -0.642. The summed E-state index contributed by atoms with van der Waals surface area (Å²) in [5.41, 5.74) is 0. The van der Waals surface area contributed by atoms with Crippen LogP contribution in [-0.2, 0) is 11.3 Å². The first-order valence-electron chi connectivity index (χ1n) is 5.39. The summed E-state index contributed by atoms with van der Waals surface area (Å²) in [4.78, 5) is 25.8. The molecule has 1 aliphatic carbocycles. The SMILES string of the molecule is O=C(CCl)NC(=O)N(Cc1cccs1)C1CC1. The van der Waals surface area contributed by atoms with Crippen molar-refractivity contribution in [1.29, 1.82) is 0 Å². The van der Waals surface area contributed by atoms with Crippen molar-refractivity contribution in [3.8, 4) is 0 Å². The number of urea groups is 1. The molecule has 4 nitrogen and oxygen atoms in total. The fourth-order valence-electron chi connectivity index (χ4n) is 1.55. The molecule has 1 heterocycles. The number of carbonyl (C=O) groups is 2. The number of thiophene rings is 1. The smallest absolute Gasteiger partial charge is 0.316 e. The maximum absolute atomic E-state index is 11.9. The molecular formula is C11H13ClN2O2S. The van der Waals surface area contributed by atoms with Crippen LogP contribution in [0, 0.1) is 0 Å². The van der Waals surface area contributed by atoms with Gasteiger partial charge in [-0.1, -0.05) is 6.07 Å². The molecule has 1 fully saturated rings. The van der Waals surface area contributed by atoms with Gasteiger partial charge in [0.15, 0.2) is 0 Å². The van der Waals surface area contributed by atoms with Crippen molar-refractivity contribution in [2.75, 3.05) is 5.88 Å². The third-order valence-corrected chi connectivity index (χ3v) is 3.63. The van der Waals surface area contributed by atoms with Crippen LogP contribution in [0.4, 0.5) is 4.79 Å². The summed E-state index contributed by atoms with van der Waals surface area (Å²) < 4.78 is 0. The van der Waals surface area contributed by atoms with E-state index < -0.39 is 5.91 Å². The van der Waals surface area contributed by atoms with Gasteiger partial charge in [0.2, 0.25) is 5.91 Å². The van der Waals surface area contributed by atoms with E-state index >= 15 is 0 Å². The molecule has 2 rings (SSSR count). The monoisotopic (exact) mass is 272 g/mol. The van der Waals surface area contributed by atoms with E-state index in [1.165, 1.54) is 0 Å². The van der Waals surface area contributed by atoms with Gasteiger partial charge < -0.3 is 4.90 Å². The molecule has 3 amide bonds. The zero-order valence-electron chi connectivity index (χ0n) is 9.19. The molecule has 17 heavy (non-hydrogen) atoms. The van der Waals surface area contributed by atoms with Gasteiger partial charge in [-0.25, -0.2) is 4.79 Å². The van der Waals surface area contributed by atoms with Crippen LogP contribution in [0.1, 0.15) is 17.7 Å². The maximum Gasteiger partial charge on any atom is 0.324 e. The Morgan fingerprint density at radius 2 is 2.29 bits per heavy atom. The lowest BCUT2D eigenvalue weighted by atomic mass is 10.4. The van der Waals surface area contributed by atoms with Crippen LogP contribution < -0.4 is 5.32 Å². The highest BCUT2D eigenvalue weighted by Crippen LogP contribution is 2.29. The molecule has 0 saturated heterocycles. The second-order valence-corrected chi connectivity index (χ2v) is 5.22. The first kappa shape index (κ1) is 12.4. The van der Waals surface area contributed by atoms with E-state index in [4.69, 9.17) is 11.6 Å². The summed E-state index contributed by atoms with van der Waals surface area (Å²) in [6.45, 7) is 0.559. The lowest BCUT2D eigenvalue weighted by Crippen LogP contribution is -2.44. The van der Waals surface area contributed by atoms with Gasteiger partial charge in [-0.15, -0.1) is 22.9 Å². The Labute approximate surface area is 109 Å². The molecule has 1 aliphatic rings. The predicted octanol–water partition coefficient (Wildman–Crippen LogP) is 2.19. The number of halogens is 1. The number of rotatable bonds is 4. The maximum atomic E-state index is 11.9. The van der Waals surface area contributed by atoms with Crippen molar-refractivity contribution < 1.29 is 9.59 Å². The van der Waals surface area contributed by atoms with Crippen molar-refractivity contribution in [3.05, 3.63) is 22.4 Å². The van der Waals surface area contributed by atoms with Crippen molar-refractivity contribution in [2.24, 2.45) is 0 Å². The Kier molecular flexibility index (Phi) is 4.02. The third-order valence-electron chi connectivity index (χ3n) is 2.52. The quantitative estimate of drug-likeness (QED) is 0.854. The first-order chi connectivity index (χ1) is 8.20. The summed E-state index contributed by atoms with van der Waals surface area (Å²) in [7, 11) is 0. The number of hydrogen-bond donors (Lipinski definition) is 1. The van der Waals surface area contributed by atoms with Crippen molar-refractivity contribution in [3.63, 3.8) is 0 Å². The van der Waals surface area contributed by atoms with Gasteiger partial charge in [0, 0.05) is 10.9 Å². The predicted molar refractivity (Wildman–Crippen MR) is 67.1 cm³/mol. The Morgan fingerprint density at radius 3 is 2.82 bits per heavy atom. The molecule has 1 N–H and O–H groups in total. The van der Waals surface area contributed by atoms with E-state index in [9.17, 15) is 9.59 Å². The van der Waals surface area contributed by atoms with Crippen LogP contribution in [0.2, 0.25) is 0 Å². The van der Waals surface area contributed by atoms with Crippen LogP contribution in [0.25, 0.3) is 0 Å². The van der Waals surface area contributed by atoms with Gasteiger partial charge in [0.1, 0.15) is 5.88 Å². The Bertz CT molecular complexity index is 404. The number of nitrogens with one attached hydrogen (secondary N) is 1. The Morgan fingerprint density at radius 1 is 1.53 bits per heavy atom. The number of amides is 3. The van der Waals surface area contributed by atoms with E-state index in [0.717, 1.165) is 17.7 Å². The van der Waals surface area contributed by atoms with Crippen LogP contribution in [0.3, 0.4) is 0 Å². The average molecular weight is 273 g/mol. The third kappa shape index (κ3) is 3.44. The summed E-state index contributed by atoms with van der Waals surface area (Å²) in [6, 6.07) is 3.86. The number of imide groups is 1. The minimum absolute atomic E-state index is 0.191. The zero-order valence-corrected chi connectivity index (χ0v) is 10.8. The van der Waals surface area contributed by atoms with Crippen LogP contribution in [-0.4, -0.2) is 28.8 Å². The number of hydrogen-bond acceptors (Lipinski definition) is 3. The van der Waals surface area contributed by atoms with Crippen molar-refractivity contribution in [2.45, 2.75) is 25.4 Å². The number of nitrogens with zero attached hydrogens (tertiary/aromatic N) is 1. The molecular weight excluding hydrogens is 260 g/mol. The molecule has 92 valence electrons. The van der Waals surface area contributed by atoms with E-state index in [1.54, 1.807) is 16.2 Å². The van der Waals surface area contributed by atoms with Gasteiger partial charge >= 0.3 is 6.03 Å². The van der Waals surface area contributed by atoms with Crippen LogP contribution >= 0.6 is 22.9 Å². The normalized spacial score (nSPS) is 14.4. The Hall–Kier alpha value is -1.07. The topological polar surface area (TPSA) is 49.4 Å². The molecule has 0 unspecified atom stereocenters. The first-order valence-corrected chi connectivity index (χ1v) is 6.81. The highest BCUT2D eigenvalue weighted by Gasteiger charge is 2.33. The fraction of sp³-hybridized carbons (Fsp3) is 0.455. The summed E-state index contributed by atoms with van der Waals surface area (Å²) in [5, 5.41) is 4.26. The number of carbonyl (C=O) groups excluding carboxylic acids is 2. The van der Waals surface area contributed by atoms with Crippen molar-refractivity contribution in [1.82, 2.24) is 10.2 Å². The second kappa shape index (κ2) is 5.51. The van der Waals surface area contributed by atoms with Crippen molar-refractivity contribution >= 4 is 34.9 Å². The second-order valence-electron chi connectivity index (χ2n) is 3.93. The molecule has 6 heteroatoms. The molecule has 1 aromatic rings. The fourth-order valence-corrected chi connectivity index (χ4v) is 2.32. The summed E-state index contributed by atoms with van der Waals surface area (Å²) >= 11 is 6.96. The van der Waals surface area contributed by atoms with Gasteiger partial charge in [-0.3, -0.25) is 10.1 Å². The largest absolute Gasteiger partial charge is 0.324 e. The van der Waals surface area contributed by atoms with E-state index in [0.29, 0.717) is 6.54 Å². The van der Waals surface area contributed by atoms with Gasteiger partial charge in [-0.2, -0.15) is 0 Å². The summed E-state index contributed by atoms with van der Waals surface area (Å²) in [6.07, 6.45) is 2.02. The molecule has 0 bridgehead atoms. The average Bonchev–Trinajstić information content (AvgIpc) is 3.03. The Balaban J connectivity index is 1.97. The molecule has 0 radical (unpaired) electrons. The highest BCUT2D eigenvalue weighted by molar-refractivity contribution is 7.09. The van der Waals surface area contributed by atoms with Gasteiger partial charge in [0.05, 0.1) is 6.54 Å². The van der Waals surface area contributed by atoms with E-state index in [-0.39, 0.29) is 18.0 Å². The molecule has 1 aromatic heterocycles. The molecule has 0 aromatic carbocycles. The highest BCUT2D eigenvalue weighted by atomic mass is 35.5. The van der Waals surface area contributed by atoms with Crippen LogP contribution in [0.5, 0.6) is 0 Å². The number of alkyl halides is 1. The van der Waals surface area contributed by atoms with Crippen LogP contribution in [0.15, 0.2) is 17.5 Å². The molecule has 1 saturated carbocycles. The van der Waals surface area contributed by atoms with Gasteiger partial charge in [-0.05, 0) is 24.3 Å². The standard InChI is InChI=1S/C11H13ClN2O2S/c12-6-10(15)13-11(16)14(8-3-4-8)7-9-2-1-5-17-9/h1-2,5,8H,3-4,6-7H2,(H,13,15,16). The molecule has 0 spiro atoms. The minimum Gasteiger partial charge on any atom is -0.316 e.